The van der Waals surface area contributed by atoms with E-state index in [2.05, 4.69) is 114 Å². The Labute approximate surface area is 238 Å². The fourth-order valence-electron chi connectivity index (χ4n) is 6.20. The quantitative estimate of drug-likeness (QED) is 0.233. The maximum Gasteiger partial charge on any atom is 0.00614 e. The second kappa shape index (κ2) is 14.7. The van der Waals surface area contributed by atoms with Crippen LogP contribution in [0.25, 0.3) is 0 Å². The van der Waals surface area contributed by atoms with Gasteiger partial charge in [0.05, 0.1) is 0 Å². The van der Waals surface area contributed by atoms with Gasteiger partial charge in [-0.1, -0.05) is 114 Å². The molecule has 0 saturated heterocycles. The van der Waals surface area contributed by atoms with Gasteiger partial charge in [-0.3, -0.25) is 0 Å². The van der Waals surface area contributed by atoms with Crippen LogP contribution in [0.15, 0.2) is 24.3 Å². The standard InChI is InChI=1S/C38H62/c1-14-24(7)33-20-31(21-34(25(8)15-2)37(33)28(11)18-5)30(13)32-22-35(26(9)16-3)38(29(12)19-6)36(23-32)27(10)17-4/h20-30H,14-19H2,1-13H3. The molecule has 0 fully saturated rings. The van der Waals surface area contributed by atoms with Crippen LogP contribution < -0.4 is 0 Å². The van der Waals surface area contributed by atoms with Gasteiger partial charge in [-0.05, 0) is 119 Å². The van der Waals surface area contributed by atoms with E-state index < -0.39 is 0 Å². The normalized spacial score (nSPS) is 17.5. The Kier molecular flexibility index (Phi) is 12.6. The van der Waals surface area contributed by atoms with Crippen LogP contribution in [-0.4, -0.2) is 0 Å². The van der Waals surface area contributed by atoms with Gasteiger partial charge in [-0.25, -0.2) is 0 Å². The number of hydrogen-bond donors (Lipinski definition) is 0. The van der Waals surface area contributed by atoms with E-state index >= 15 is 0 Å². The van der Waals surface area contributed by atoms with E-state index in [0.29, 0.717) is 41.4 Å². The van der Waals surface area contributed by atoms with Gasteiger partial charge in [0, 0.05) is 5.92 Å². The molecule has 0 aliphatic heterocycles. The Morgan fingerprint density at radius 2 is 0.579 bits per heavy atom. The van der Waals surface area contributed by atoms with Crippen molar-refractivity contribution in [2.45, 2.75) is 170 Å². The highest BCUT2D eigenvalue weighted by atomic mass is 14.3. The zero-order valence-electron chi connectivity index (χ0n) is 27.6. The molecule has 0 bridgehead atoms. The topological polar surface area (TPSA) is 0 Å². The second-order valence-corrected chi connectivity index (χ2v) is 12.8. The van der Waals surface area contributed by atoms with Gasteiger partial charge >= 0.3 is 0 Å². The number of benzene rings is 2. The van der Waals surface area contributed by atoms with Gasteiger partial charge in [-0.2, -0.15) is 0 Å². The maximum absolute atomic E-state index is 2.61. The first-order valence-electron chi connectivity index (χ1n) is 16.4. The molecule has 0 heteroatoms. The van der Waals surface area contributed by atoms with Crippen LogP contribution in [0.2, 0.25) is 0 Å². The highest BCUT2D eigenvalue weighted by molar-refractivity contribution is 5.51. The summed E-state index contributed by atoms with van der Waals surface area (Å²) in [6.07, 6.45) is 7.19. The Hall–Kier alpha value is -1.56. The SMILES string of the molecule is CCC(C)c1cc(C(C)c2cc(C(C)CC)c(C(C)CC)c(C(C)CC)c2)cc(C(C)CC)c1C(C)CC. The van der Waals surface area contributed by atoms with Crippen molar-refractivity contribution in [1.82, 2.24) is 0 Å². The smallest absolute Gasteiger partial charge is 0.00614 e. The highest BCUT2D eigenvalue weighted by Gasteiger charge is 2.26. The predicted molar refractivity (Wildman–Crippen MR) is 173 cm³/mol. The molecule has 0 aliphatic carbocycles. The first kappa shape index (κ1) is 32.7. The largest absolute Gasteiger partial charge is 0.0648 e. The second-order valence-electron chi connectivity index (χ2n) is 12.8. The van der Waals surface area contributed by atoms with E-state index in [1.807, 2.05) is 0 Å². The molecule has 0 amide bonds. The van der Waals surface area contributed by atoms with Gasteiger partial charge in [0.2, 0.25) is 0 Å². The van der Waals surface area contributed by atoms with Crippen molar-refractivity contribution in [2.75, 3.05) is 0 Å². The van der Waals surface area contributed by atoms with Crippen LogP contribution >= 0.6 is 0 Å². The summed E-state index contributed by atoms with van der Waals surface area (Å²) in [7, 11) is 0. The number of hydrogen-bond acceptors (Lipinski definition) is 0. The van der Waals surface area contributed by atoms with Crippen LogP contribution in [0.5, 0.6) is 0 Å². The van der Waals surface area contributed by atoms with Crippen LogP contribution in [0.1, 0.15) is 214 Å². The Morgan fingerprint density at radius 3 is 0.763 bits per heavy atom. The van der Waals surface area contributed by atoms with Crippen molar-refractivity contribution in [3.8, 4) is 0 Å². The van der Waals surface area contributed by atoms with Crippen molar-refractivity contribution in [1.29, 1.82) is 0 Å². The molecule has 0 saturated carbocycles. The molecule has 0 N–H and O–H groups in total. The van der Waals surface area contributed by atoms with Crippen molar-refractivity contribution in [3.63, 3.8) is 0 Å². The molecular formula is C38H62. The third-order valence-electron chi connectivity index (χ3n) is 10.3. The monoisotopic (exact) mass is 518 g/mol. The summed E-state index contributed by atoms with van der Waals surface area (Å²) in [5.41, 5.74) is 12.8. The van der Waals surface area contributed by atoms with Crippen molar-refractivity contribution >= 4 is 0 Å². The molecule has 0 aliphatic rings. The summed E-state index contributed by atoms with van der Waals surface area (Å²) >= 11 is 0. The van der Waals surface area contributed by atoms with Crippen LogP contribution in [0, 0.1) is 0 Å². The molecule has 0 radical (unpaired) electrons. The molecule has 0 heterocycles. The molecule has 0 spiro atoms. The highest BCUT2D eigenvalue weighted by Crippen LogP contribution is 2.43. The van der Waals surface area contributed by atoms with Crippen LogP contribution in [0.4, 0.5) is 0 Å². The first-order valence-corrected chi connectivity index (χ1v) is 16.4. The van der Waals surface area contributed by atoms with Gasteiger partial charge in [-0.15, -0.1) is 0 Å². The summed E-state index contributed by atoms with van der Waals surface area (Å²) < 4.78 is 0. The zero-order valence-corrected chi connectivity index (χ0v) is 27.6. The van der Waals surface area contributed by atoms with Gasteiger partial charge in [0.25, 0.3) is 0 Å². The summed E-state index contributed by atoms with van der Waals surface area (Å²) in [6, 6.07) is 10.4. The van der Waals surface area contributed by atoms with E-state index in [0.717, 1.165) is 0 Å². The molecule has 214 valence electrons. The molecule has 38 heavy (non-hydrogen) atoms. The summed E-state index contributed by atoms with van der Waals surface area (Å²) in [6.45, 7) is 31.3. The molecule has 2 aromatic rings. The van der Waals surface area contributed by atoms with E-state index in [9.17, 15) is 0 Å². The van der Waals surface area contributed by atoms with Gasteiger partial charge < -0.3 is 0 Å². The minimum atomic E-state index is 0.392. The molecule has 2 rings (SSSR count). The summed E-state index contributed by atoms with van der Waals surface area (Å²) in [5, 5.41) is 0. The Balaban J connectivity index is 2.88. The van der Waals surface area contributed by atoms with Crippen LogP contribution in [-0.2, 0) is 0 Å². The van der Waals surface area contributed by atoms with Gasteiger partial charge in [0.15, 0.2) is 0 Å². The van der Waals surface area contributed by atoms with Crippen molar-refractivity contribution in [3.05, 3.63) is 68.8 Å². The number of rotatable bonds is 14. The molecule has 6 atom stereocenters. The third kappa shape index (κ3) is 6.95. The minimum Gasteiger partial charge on any atom is -0.0648 e. The molecular weight excluding hydrogens is 456 g/mol. The average Bonchev–Trinajstić information content (AvgIpc) is 2.96. The molecule has 0 aromatic heterocycles. The average molecular weight is 519 g/mol. The molecule has 6 unspecified atom stereocenters. The zero-order chi connectivity index (χ0) is 28.7. The third-order valence-corrected chi connectivity index (χ3v) is 10.3. The fraction of sp³-hybridized carbons (Fsp3) is 0.684. The lowest BCUT2D eigenvalue weighted by Gasteiger charge is -2.30. The van der Waals surface area contributed by atoms with Crippen LogP contribution in [0.3, 0.4) is 0 Å². The predicted octanol–water partition coefficient (Wildman–Crippen LogP) is 12.9. The van der Waals surface area contributed by atoms with E-state index in [1.165, 1.54) is 49.7 Å². The van der Waals surface area contributed by atoms with E-state index in [4.69, 9.17) is 0 Å². The van der Waals surface area contributed by atoms with Gasteiger partial charge in [0.1, 0.15) is 0 Å². The lowest BCUT2D eigenvalue weighted by Crippen LogP contribution is -2.13. The fourth-order valence-corrected chi connectivity index (χ4v) is 6.20. The van der Waals surface area contributed by atoms with Crippen molar-refractivity contribution in [2.24, 2.45) is 0 Å². The maximum atomic E-state index is 2.61. The van der Waals surface area contributed by atoms with E-state index in [-0.39, 0.29) is 0 Å². The molecule has 2 aromatic carbocycles. The van der Waals surface area contributed by atoms with Crippen molar-refractivity contribution < 1.29 is 0 Å². The lowest BCUT2D eigenvalue weighted by atomic mass is 9.74. The first-order chi connectivity index (χ1) is 18.0. The Bertz CT molecular complexity index is 867. The van der Waals surface area contributed by atoms with E-state index in [1.54, 1.807) is 33.4 Å². The summed E-state index contributed by atoms with van der Waals surface area (Å²) in [5.74, 6) is 3.97. The summed E-state index contributed by atoms with van der Waals surface area (Å²) in [4.78, 5) is 0. The molecule has 0 nitrogen and oxygen atoms in total. The Morgan fingerprint density at radius 1 is 0.368 bits per heavy atom. The lowest BCUT2D eigenvalue weighted by molar-refractivity contribution is 0.637. The minimum absolute atomic E-state index is 0.392.